The first-order valence-corrected chi connectivity index (χ1v) is 14.2. The summed E-state index contributed by atoms with van der Waals surface area (Å²) in [5, 5.41) is 5.68. The molecule has 1 fully saturated rings. The van der Waals surface area contributed by atoms with Gasteiger partial charge in [0, 0.05) is 11.4 Å². The number of amides is 3. The Hall–Kier alpha value is -3.26. The van der Waals surface area contributed by atoms with Gasteiger partial charge in [0.2, 0.25) is 11.8 Å². The van der Waals surface area contributed by atoms with Crippen molar-refractivity contribution in [3.8, 4) is 0 Å². The van der Waals surface area contributed by atoms with Gasteiger partial charge in [-0.15, -0.1) is 0 Å². The molecule has 2 aromatic rings. The van der Waals surface area contributed by atoms with Crippen LogP contribution in [0, 0.1) is 11.8 Å². The van der Waals surface area contributed by atoms with E-state index in [4.69, 9.17) is 17.0 Å². The van der Waals surface area contributed by atoms with Crippen molar-refractivity contribution in [1.82, 2.24) is 15.5 Å². The number of likely N-dealkylation sites (tertiary alicyclic amines) is 1. The number of nitrogens with one attached hydrogen (secondary N) is 2. The van der Waals surface area contributed by atoms with E-state index < -0.39 is 12.1 Å². The number of hydrogen-bond donors (Lipinski definition) is 2. The molecule has 3 atom stereocenters. The molecule has 2 aromatic carbocycles. The second-order valence-corrected chi connectivity index (χ2v) is 11.3. The summed E-state index contributed by atoms with van der Waals surface area (Å²) in [6, 6.07) is 18.4. The van der Waals surface area contributed by atoms with Gasteiger partial charge in [0.05, 0.1) is 6.04 Å². The highest BCUT2D eigenvalue weighted by Crippen LogP contribution is 2.20. The van der Waals surface area contributed by atoms with Crippen LogP contribution in [0.4, 0.5) is 4.79 Å². The predicted octanol–water partition coefficient (Wildman–Crippen LogP) is 5.07. The third-order valence-corrected chi connectivity index (χ3v) is 7.33. The van der Waals surface area contributed by atoms with Gasteiger partial charge in [-0.25, -0.2) is 4.79 Å². The molecule has 2 N–H and O–H groups in total. The van der Waals surface area contributed by atoms with E-state index in [0.717, 1.165) is 35.3 Å². The molecule has 1 heterocycles. The predicted molar refractivity (Wildman–Crippen MR) is 157 cm³/mol. The molecule has 3 amide bonds. The van der Waals surface area contributed by atoms with E-state index in [1.807, 2.05) is 60.7 Å². The Morgan fingerprint density at radius 3 is 2.28 bits per heavy atom. The van der Waals surface area contributed by atoms with Crippen molar-refractivity contribution in [2.45, 2.75) is 71.6 Å². The zero-order valence-electron chi connectivity index (χ0n) is 23.2. The molecule has 0 radical (unpaired) electrons. The highest BCUT2D eigenvalue weighted by molar-refractivity contribution is 7.80. The average molecular weight is 552 g/mol. The van der Waals surface area contributed by atoms with Crippen LogP contribution in [0.2, 0.25) is 0 Å². The van der Waals surface area contributed by atoms with Gasteiger partial charge < -0.3 is 20.3 Å². The first-order valence-electron chi connectivity index (χ1n) is 13.8. The number of carbonyl (C=O) groups excluding carboxylic acids is 3. The molecule has 0 spiro atoms. The summed E-state index contributed by atoms with van der Waals surface area (Å²) in [4.78, 5) is 40.9. The molecule has 0 aromatic heterocycles. The third-order valence-electron chi connectivity index (χ3n) is 6.88. The quantitative estimate of drug-likeness (QED) is 0.339. The molecule has 0 aliphatic carbocycles. The maximum atomic E-state index is 13.4. The lowest BCUT2D eigenvalue weighted by molar-refractivity contribution is -0.137. The molecule has 8 heteroatoms. The fraction of sp³-hybridized carbons (Fsp3) is 0.484. The van der Waals surface area contributed by atoms with Gasteiger partial charge in [-0.05, 0) is 55.1 Å². The molecule has 210 valence electrons. The molecule has 1 aliphatic rings. The van der Waals surface area contributed by atoms with Gasteiger partial charge in [0.1, 0.15) is 19.2 Å². The standard InChI is InChI=1S/C31H41N3O4S/c1-22(2)17-23(3)18-28(39)26(19-24-11-6-4-7-12-24)33-30(36)27-15-10-16-34(27)29(35)20-32-31(37)38-21-25-13-8-5-9-14-25/h4-9,11-14,22-23,26-27H,10,15-21H2,1-3H3,(H,32,37)(H,33,36)/t23-,26+,27?/m1/s1. The minimum absolute atomic E-state index is 0.119. The van der Waals surface area contributed by atoms with Crippen molar-refractivity contribution < 1.29 is 19.1 Å². The monoisotopic (exact) mass is 551 g/mol. The molecule has 1 unspecified atom stereocenters. The maximum absolute atomic E-state index is 13.4. The number of rotatable bonds is 13. The summed E-state index contributed by atoms with van der Waals surface area (Å²) in [5.41, 5.74) is 1.95. The van der Waals surface area contributed by atoms with Crippen LogP contribution >= 0.6 is 12.2 Å². The van der Waals surface area contributed by atoms with E-state index in [9.17, 15) is 14.4 Å². The van der Waals surface area contributed by atoms with Gasteiger partial charge in [-0.2, -0.15) is 0 Å². The molecule has 0 saturated carbocycles. The molecule has 1 aliphatic heterocycles. The van der Waals surface area contributed by atoms with E-state index in [1.165, 1.54) is 0 Å². The summed E-state index contributed by atoms with van der Waals surface area (Å²) in [6.07, 6.45) is 3.06. The summed E-state index contributed by atoms with van der Waals surface area (Å²) >= 11 is 5.85. The molecule has 0 bridgehead atoms. The number of hydrogen-bond acceptors (Lipinski definition) is 5. The van der Waals surface area contributed by atoms with Crippen LogP contribution in [0.1, 0.15) is 57.6 Å². The van der Waals surface area contributed by atoms with Crippen molar-refractivity contribution in [2.75, 3.05) is 13.1 Å². The van der Waals surface area contributed by atoms with Crippen LogP contribution in [0.15, 0.2) is 60.7 Å². The lowest BCUT2D eigenvalue weighted by Gasteiger charge is -2.28. The van der Waals surface area contributed by atoms with E-state index in [0.29, 0.717) is 31.2 Å². The Labute approximate surface area is 237 Å². The second kappa shape index (κ2) is 15.4. The van der Waals surface area contributed by atoms with Gasteiger partial charge in [-0.3, -0.25) is 9.59 Å². The van der Waals surface area contributed by atoms with Crippen molar-refractivity contribution in [1.29, 1.82) is 0 Å². The first-order chi connectivity index (χ1) is 18.7. The van der Waals surface area contributed by atoms with Crippen molar-refractivity contribution >= 4 is 35.0 Å². The Balaban J connectivity index is 1.57. The molecule has 7 nitrogen and oxygen atoms in total. The third kappa shape index (κ3) is 10.1. The highest BCUT2D eigenvalue weighted by Gasteiger charge is 2.35. The van der Waals surface area contributed by atoms with Crippen LogP contribution in [0.5, 0.6) is 0 Å². The maximum Gasteiger partial charge on any atom is 0.407 e. The summed E-state index contributed by atoms with van der Waals surface area (Å²) < 4.78 is 5.19. The number of nitrogens with zero attached hydrogens (tertiary/aromatic N) is 1. The smallest absolute Gasteiger partial charge is 0.407 e. The van der Waals surface area contributed by atoms with Crippen molar-refractivity contribution in [2.24, 2.45) is 11.8 Å². The topological polar surface area (TPSA) is 87.7 Å². The molecule has 1 saturated heterocycles. The van der Waals surface area contributed by atoms with Gasteiger partial charge >= 0.3 is 6.09 Å². The average Bonchev–Trinajstić information content (AvgIpc) is 3.41. The fourth-order valence-corrected chi connectivity index (χ4v) is 5.52. The molecular weight excluding hydrogens is 510 g/mol. The number of thiocarbonyl (C=S) groups is 1. The number of benzene rings is 2. The van der Waals surface area contributed by atoms with Gasteiger partial charge in [0.15, 0.2) is 0 Å². The summed E-state index contributed by atoms with van der Waals surface area (Å²) in [7, 11) is 0. The molecular formula is C31H41N3O4S. The van der Waals surface area contributed by atoms with Crippen molar-refractivity contribution in [3.05, 3.63) is 71.8 Å². The summed E-state index contributed by atoms with van der Waals surface area (Å²) in [6.45, 7) is 6.96. The minimum Gasteiger partial charge on any atom is -0.445 e. The second-order valence-electron chi connectivity index (χ2n) is 10.8. The normalized spacial score (nSPS) is 16.4. The lowest BCUT2D eigenvalue weighted by Crippen LogP contribution is -2.52. The Morgan fingerprint density at radius 1 is 1.00 bits per heavy atom. The Bertz CT molecular complexity index is 1090. The number of carbonyl (C=O) groups is 3. The van der Waals surface area contributed by atoms with E-state index in [2.05, 4.69) is 31.4 Å². The van der Waals surface area contributed by atoms with E-state index >= 15 is 0 Å². The zero-order chi connectivity index (χ0) is 28.2. The largest absolute Gasteiger partial charge is 0.445 e. The Kier molecular flexibility index (Phi) is 11.9. The Morgan fingerprint density at radius 2 is 1.64 bits per heavy atom. The van der Waals surface area contributed by atoms with Crippen LogP contribution in [-0.4, -0.2) is 52.8 Å². The first kappa shape index (κ1) is 30.3. The minimum atomic E-state index is -0.670. The SMILES string of the molecule is CC(C)C[C@@H](C)CC(=S)[C@H](Cc1ccccc1)NC(=O)C1CCCN1C(=O)CNC(=O)OCc1ccccc1. The van der Waals surface area contributed by atoms with Crippen LogP contribution < -0.4 is 10.6 Å². The highest BCUT2D eigenvalue weighted by atomic mass is 32.1. The molecule has 39 heavy (non-hydrogen) atoms. The van der Waals surface area contributed by atoms with Crippen molar-refractivity contribution in [3.63, 3.8) is 0 Å². The lowest BCUT2D eigenvalue weighted by atomic mass is 9.91. The number of alkyl carbamates (subject to hydrolysis) is 1. The molecule has 3 rings (SSSR count). The van der Waals surface area contributed by atoms with E-state index in [1.54, 1.807) is 4.90 Å². The van der Waals surface area contributed by atoms with Crippen LogP contribution in [0.3, 0.4) is 0 Å². The van der Waals surface area contributed by atoms with Crippen LogP contribution in [-0.2, 0) is 27.4 Å². The van der Waals surface area contributed by atoms with E-state index in [-0.39, 0.29) is 31.0 Å². The number of ether oxygens (including phenoxy) is 1. The fourth-order valence-electron chi connectivity index (χ4n) is 5.10. The summed E-state index contributed by atoms with van der Waals surface area (Å²) in [5.74, 6) is 0.488. The zero-order valence-corrected chi connectivity index (χ0v) is 24.0. The van der Waals surface area contributed by atoms with Crippen LogP contribution in [0.25, 0.3) is 0 Å². The van der Waals surface area contributed by atoms with Gasteiger partial charge in [0.25, 0.3) is 0 Å². The van der Waals surface area contributed by atoms with Gasteiger partial charge in [-0.1, -0.05) is 93.7 Å².